The number of amides is 1. The third kappa shape index (κ3) is 4.67. The van der Waals surface area contributed by atoms with Crippen LogP contribution in [0.2, 0.25) is 0 Å². The lowest BCUT2D eigenvalue weighted by molar-refractivity contribution is 0.0169. The lowest BCUT2D eigenvalue weighted by Crippen LogP contribution is -2.43. The SMILES string of the molecule is O=C(NCC(c1cccs1)N1CCOCC1)c1ccc(Cn2cccn2)cc1. The van der Waals surface area contributed by atoms with Crippen molar-refractivity contribution in [3.8, 4) is 0 Å². The Bertz CT molecular complexity index is 856. The summed E-state index contributed by atoms with van der Waals surface area (Å²) >= 11 is 1.73. The molecule has 1 aromatic carbocycles. The Kier molecular flexibility index (Phi) is 6.16. The Morgan fingerprint density at radius 3 is 2.68 bits per heavy atom. The summed E-state index contributed by atoms with van der Waals surface area (Å²) in [4.78, 5) is 16.3. The van der Waals surface area contributed by atoms with Crippen molar-refractivity contribution >= 4 is 17.2 Å². The van der Waals surface area contributed by atoms with Crippen LogP contribution < -0.4 is 5.32 Å². The molecule has 1 unspecified atom stereocenters. The van der Waals surface area contributed by atoms with Crippen LogP contribution in [0.3, 0.4) is 0 Å². The Morgan fingerprint density at radius 1 is 1.18 bits per heavy atom. The molecular weight excluding hydrogens is 372 g/mol. The molecule has 4 rings (SSSR count). The number of thiophene rings is 1. The van der Waals surface area contributed by atoms with Crippen LogP contribution >= 0.6 is 11.3 Å². The highest BCUT2D eigenvalue weighted by Gasteiger charge is 2.24. The predicted molar refractivity (Wildman–Crippen MR) is 110 cm³/mol. The van der Waals surface area contributed by atoms with Gasteiger partial charge in [0.1, 0.15) is 0 Å². The number of hydrogen-bond acceptors (Lipinski definition) is 5. The molecule has 0 bridgehead atoms. The summed E-state index contributed by atoms with van der Waals surface area (Å²) < 4.78 is 7.34. The number of rotatable bonds is 7. The second-order valence-electron chi connectivity index (χ2n) is 6.79. The molecule has 1 amide bonds. The number of benzene rings is 1. The monoisotopic (exact) mass is 396 g/mol. The van der Waals surface area contributed by atoms with E-state index in [-0.39, 0.29) is 11.9 Å². The molecule has 3 heterocycles. The summed E-state index contributed by atoms with van der Waals surface area (Å²) in [6, 6.07) is 14.0. The van der Waals surface area contributed by atoms with E-state index in [0.717, 1.165) is 31.9 Å². The van der Waals surface area contributed by atoms with Gasteiger partial charge in [0, 0.05) is 42.5 Å². The van der Waals surface area contributed by atoms with Gasteiger partial charge in [-0.25, -0.2) is 0 Å². The molecule has 3 aromatic rings. The summed E-state index contributed by atoms with van der Waals surface area (Å²) in [6.07, 6.45) is 3.69. The highest BCUT2D eigenvalue weighted by atomic mass is 32.1. The molecule has 1 aliphatic heterocycles. The standard InChI is InChI=1S/C21H24N4O2S/c26-21(18-6-4-17(5-7-18)16-25-9-2-8-23-25)22-15-19(20-3-1-14-28-20)24-10-12-27-13-11-24/h1-9,14,19H,10-13,15-16H2,(H,22,26). The number of aromatic nitrogens is 2. The van der Waals surface area contributed by atoms with E-state index in [9.17, 15) is 4.79 Å². The number of nitrogens with one attached hydrogen (secondary N) is 1. The lowest BCUT2D eigenvalue weighted by Gasteiger charge is -2.34. The quantitative estimate of drug-likeness (QED) is 0.667. The third-order valence-corrected chi connectivity index (χ3v) is 5.91. The predicted octanol–water partition coefficient (Wildman–Crippen LogP) is 2.80. The number of hydrogen-bond donors (Lipinski definition) is 1. The van der Waals surface area contributed by atoms with Gasteiger partial charge in [-0.1, -0.05) is 18.2 Å². The molecule has 1 aliphatic rings. The first-order valence-electron chi connectivity index (χ1n) is 9.49. The average molecular weight is 397 g/mol. The number of carbonyl (C=O) groups is 1. The minimum atomic E-state index is -0.0412. The van der Waals surface area contributed by atoms with Gasteiger partial charge in [-0.05, 0) is 35.2 Å². The van der Waals surface area contributed by atoms with Gasteiger partial charge in [-0.15, -0.1) is 11.3 Å². The lowest BCUT2D eigenvalue weighted by atomic mass is 10.1. The molecular formula is C21H24N4O2S. The first kappa shape index (κ1) is 18.9. The minimum absolute atomic E-state index is 0.0412. The van der Waals surface area contributed by atoms with Crippen LogP contribution in [0.1, 0.15) is 26.8 Å². The fraction of sp³-hybridized carbons (Fsp3) is 0.333. The molecule has 0 aliphatic carbocycles. The van der Waals surface area contributed by atoms with Gasteiger partial charge in [0.05, 0.1) is 25.8 Å². The maximum atomic E-state index is 12.7. The molecule has 1 saturated heterocycles. The highest BCUT2D eigenvalue weighted by Crippen LogP contribution is 2.25. The van der Waals surface area contributed by atoms with Crippen molar-refractivity contribution in [2.45, 2.75) is 12.6 Å². The molecule has 1 N–H and O–H groups in total. The number of nitrogens with zero attached hydrogens (tertiary/aromatic N) is 3. The highest BCUT2D eigenvalue weighted by molar-refractivity contribution is 7.10. The van der Waals surface area contributed by atoms with E-state index in [1.54, 1.807) is 17.5 Å². The van der Waals surface area contributed by atoms with Crippen LogP contribution in [0.25, 0.3) is 0 Å². The maximum absolute atomic E-state index is 12.7. The van der Waals surface area contributed by atoms with Crippen molar-refractivity contribution in [2.75, 3.05) is 32.8 Å². The van der Waals surface area contributed by atoms with Gasteiger partial charge >= 0.3 is 0 Å². The van der Waals surface area contributed by atoms with Gasteiger partial charge in [0.15, 0.2) is 0 Å². The second-order valence-corrected chi connectivity index (χ2v) is 7.77. The molecule has 0 saturated carbocycles. The van der Waals surface area contributed by atoms with Crippen molar-refractivity contribution < 1.29 is 9.53 Å². The van der Waals surface area contributed by atoms with Crippen molar-refractivity contribution in [2.24, 2.45) is 0 Å². The zero-order valence-electron chi connectivity index (χ0n) is 15.7. The molecule has 1 atom stereocenters. The van der Waals surface area contributed by atoms with Gasteiger partial charge < -0.3 is 10.1 Å². The van der Waals surface area contributed by atoms with E-state index in [2.05, 4.69) is 32.8 Å². The molecule has 2 aromatic heterocycles. The summed E-state index contributed by atoms with van der Waals surface area (Å²) in [5.74, 6) is -0.0412. The zero-order chi connectivity index (χ0) is 19.2. The molecule has 1 fully saturated rings. The number of ether oxygens (including phenoxy) is 1. The summed E-state index contributed by atoms with van der Waals surface area (Å²) in [6.45, 7) is 4.56. The van der Waals surface area contributed by atoms with E-state index >= 15 is 0 Å². The molecule has 6 nitrogen and oxygen atoms in total. The first-order valence-corrected chi connectivity index (χ1v) is 10.4. The Hall–Kier alpha value is -2.48. The van der Waals surface area contributed by atoms with Crippen LogP contribution in [-0.4, -0.2) is 53.4 Å². The van der Waals surface area contributed by atoms with Gasteiger partial charge in [-0.2, -0.15) is 5.10 Å². The van der Waals surface area contributed by atoms with E-state index in [1.165, 1.54) is 4.88 Å². The number of carbonyl (C=O) groups excluding carboxylic acids is 1. The molecule has 0 spiro atoms. The fourth-order valence-corrected chi connectivity index (χ4v) is 4.27. The van der Waals surface area contributed by atoms with Crippen LogP contribution in [0.5, 0.6) is 0 Å². The zero-order valence-corrected chi connectivity index (χ0v) is 16.5. The summed E-state index contributed by atoms with van der Waals surface area (Å²) in [5.41, 5.74) is 1.79. The van der Waals surface area contributed by atoms with Crippen molar-refractivity contribution in [3.05, 3.63) is 76.2 Å². The van der Waals surface area contributed by atoms with Crippen LogP contribution in [0.4, 0.5) is 0 Å². The molecule has 0 radical (unpaired) electrons. The molecule has 7 heteroatoms. The Balaban J connectivity index is 1.37. The third-order valence-electron chi connectivity index (χ3n) is 4.93. The van der Waals surface area contributed by atoms with Crippen molar-refractivity contribution in [3.63, 3.8) is 0 Å². The normalized spacial score (nSPS) is 16.0. The fourth-order valence-electron chi connectivity index (χ4n) is 3.41. The van der Waals surface area contributed by atoms with Crippen molar-refractivity contribution in [1.29, 1.82) is 0 Å². The smallest absolute Gasteiger partial charge is 0.251 e. The van der Waals surface area contributed by atoms with E-state index in [1.807, 2.05) is 41.2 Å². The first-order chi connectivity index (χ1) is 13.8. The second kappa shape index (κ2) is 9.14. The summed E-state index contributed by atoms with van der Waals surface area (Å²) in [7, 11) is 0. The van der Waals surface area contributed by atoms with Gasteiger partial charge in [0.2, 0.25) is 0 Å². The van der Waals surface area contributed by atoms with E-state index < -0.39 is 0 Å². The Labute approximate surface area is 168 Å². The van der Waals surface area contributed by atoms with Gasteiger partial charge in [0.25, 0.3) is 5.91 Å². The van der Waals surface area contributed by atoms with Crippen molar-refractivity contribution in [1.82, 2.24) is 20.0 Å². The number of morpholine rings is 1. The molecule has 28 heavy (non-hydrogen) atoms. The van der Waals surface area contributed by atoms with E-state index in [0.29, 0.717) is 18.7 Å². The summed E-state index contributed by atoms with van der Waals surface area (Å²) in [5, 5.41) is 9.42. The van der Waals surface area contributed by atoms with Crippen LogP contribution in [0.15, 0.2) is 60.2 Å². The van der Waals surface area contributed by atoms with Crippen LogP contribution in [0, 0.1) is 0 Å². The largest absolute Gasteiger partial charge is 0.379 e. The van der Waals surface area contributed by atoms with Crippen LogP contribution in [-0.2, 0) is 11.3 Å². The topological polar surface area (TPSA) is 59.4 Å². The maximum Gasteiger partial charge on any atom is 0.251 e. The minimum Gasteiger partial charge on any atom is -0.379 e. The van der Waals surface area contributed by atoms with Gasteiger partial charge in [-0.3, -0.25) is 14.4 Å². The molecule has 146 valence electrons. The van der Waals surface area contributed by atoms with E-state index in [4.69, 9.17) is 4.74 Å². The average Bonchev–Trinajstić information content (AvgIpc) is 3.44. The Morgan fingerprint density at radius 2 is 2.00 bits per heavy atom.